The molecule has 0 atom stereocenters. The molecule has 5 nitrogen and oxygen atoms in total. The van der Waals surface area contributed by atoms with Gasteiger partial charge in [0, 0.05) is 38.9 Å². The fourth-order valence-corrected chi connectivity index (χ4v) is 2.49. The van der Waals surface area contributed by atoms with Crippen LogP contribution in [0.4, 0.5) is 0 Å². The Kier molecular flexibility index (Phi) is 6.23. The predicted molar refractivity (Wildman–Crippen MR) is 85.1 cm³/mol. The molecule has 0 aromatic carbocycles. The highest BCUT2D eigenvalue weighted by atomic mass is 35.5. The van der Waals surface area contributed by atoms with Gasteiger partial charge >= 0.3 is 0 Å². The summed E-state index contributed by atoms with van der Waals surface area (Å²) in [6.45, 7) is 6.07. The Morgan fingerprint density at radius 2 is 2.05 bits per heavy atom. The van der Waals surface area contributed by atoms with E-state index in [1.54, 1.807) is 0 Å². The lowest BCUT2D eigenvalue weighted by Gasteiger charge is -2.32. The van der Waals surface area contributed by atoms with Crippen molar-refractivity contribution in [2.75, 3.05) is 46.3 Å². The minimum atomic E-state index is -0.167. The minimum Gasteiger partial charge on any atom is -0.352 e. The summed E-state index contributed by atoms with van der Waals surface area (Å²) in [6, 6.07) is 1.53. The number of amides is 1. The molecule has 0 unspecified atom stereocenters. The van der Waals surface area contributed by atoms with E-state index in [-0.39, 0.29) is 11.1 Å². The molecular weight excluding hydrogens is 311 g/mol. The average Bonchev–Trinajstić information content (AvgIpc) is 2.48. The monoisotopic (exact) mass is 330 g/mol. The summed E-state index contributed by atoms with van der Waals surface area (Å²) in [5.41, 5.74) is 0.434. The van der Waals surface area contributed by atoms with Gasteiger partial charge in [0.2, 0.25) is 0 Å². The third kappa shape index (κ3) is 5.11. The summed E-state index contributed by atoms with van der Waals surface area (Å²) >= 11 is 11.6. The summed E-state index contributed by atoms with van der Waals surface area (Å²) in [6.07, 6.45) is 2.37. The van der Waals surface area contributed by atoms with Crippen molar-refractivity contribution in [2.24, 2.45) is 0 Å². The number of piperazine rings is 1. The SMILES string of the molecule is CN1CCN(CCCNC(=O)c2cnc(Cl)c(Cl)c2)CC1. The van der Waals surface area contributed by atoms with Crippen molar-refractivity contribution in [3.05, 3.63) is 28.0 Å². The standard InChI is InChI=1S/C14H20Cl2N4O/c1-19-5-7-20(8-6-19)4-2-3-17-14(21)11-9-12(15)13(16)18-10-11/h9-10H,2-8H2,1H3,(H,17,21). The Morgan fingerprint density at radius 1 is 1.33 bits per heavy atom. The second kappa shape index (κ2) is 7.94. The first kappa shape index (κ1) is 16.5. The molecule has 2 heterocycles. The minimum absolute atomic E-state index is 0.167. The maximum absolute atomic E-state index is 11.9. The molecule has 0 aliphatic carbocycles. The lowest BCUT2D eigenvalue weighted by Crippen LogP contribution is -2.45. The van der Waals surface area contributed by atoms with Crippen LogP contribution in [0.25, 0.3) is 0 Å². The number of rotatable bonds is 5. The van der Waals surface area contributed by atoms with Crippen LogP contribution in [0.1, 0.15) is 16.8 Å². The number of aromatic nitrogens is 1. The predicted octanol–water partition coefficient (Wildman–Crippen LogP) is 1.76. The summed E-state index contributed by atoms with van der Waals surface area (Å²) < 4.78 is 0. The Morgan fingerprint density at radius 3 is 2.71 bits per heavy atom. The highest BCUT2D eigenvalue weighted by Crippen LogP contribution is 2.19. The second-order valence-corrected chi connectivity index (χ2v) is 6.02. The van der Waals surface area contributed by atoms with E-state index in [0.717, 1.165) is 39.1 Å². The lowest BCUT2D eigenvalue weighted by molar-refractivity contribution is 0.0949. The van der Waals surface area contributed by atoms with Gasteiger partial charge in [0.1, 0.15) is 5.15 Å². The molecule has 1 aliphatic rings. The van der Waals surface area contributed by atoms with Crippen LogP contribution in [0.2, 0.25) is 10.2 Å². The molecule has 116 valence electrons. The van der Waals surface area contributed by atoms with Gasteiger partial charge in [-0.2, -0.15) is 0 Å². The first-order chi connectivity index (χ1) is 10.1. The van der Waals surface area contributed by atoms with Gasteiger partial charge in [0.05, 0.1) is 10.6 Å². The molecule has 0 saturated carbocycles. The summed E-state index contributed by atoms with van der Waals surface area (Å²) in [5, 5.41) is 3.38. The van der Waals surface area contributed by atoms with E-state index in [2.05, 4.69) is 27.1 Å². The number of pyridine rings is 1. The highest BCUT2D eigenvalue weighted by molar-refractivity contribution is 6.41. The lowest BCUT2D eigenvalue weighted by atomic mass is 10.2. The first-order valence-electron chi connectivity index (χ1n) is 7.06. The molecule has 7 heteroatoms. The maximum Gasteiger partial charge on any atom is 0.252 e. The zero-order valence-electron chi connectivity index (χ0n) is 12.1. The van der Waals surface area contributed by atoms with Gasteiger partial charge in [-0.3, -0.25) is 4.79 Å². The van der Waals surface area contributed by atoms with Gasteiger partial charge in [0.15, 0.2) is 0 Å². The topological polar surface area (TPSA) is 48.5 Å². The molecule has 2 rings (SSSR count). The smallest absolute Gasteiger partial charge is 0.252 e. The summed E-state index contributed by atoms with van der Waals surface area (Å²) in [7, 11) is 2.14. The van der Waals surface area contributed by atoms with Crippen LogP contribution in [-0.2, 0) is 0 Å². The Balaban J connectivity index is 1.68. The maximum atomic E-state index is 11.9. The van der Waals surface area contributed by atoms with Gasteiger partial charge in [-0.1, -0.05) is 23.2 Å². The number of carbonyl (C=O) groups excluding carboxylic acids is 1. The Labute approximate surface area is 135 Å². The molecule has 0 spiro atoms. The van der Waals surface area contributed by atoms with E-state index < -0.39 is 0 Å². The van der Waals surface area contributed by atoms with Crippen molar-refractivity contribution >= 4 is 29.1 Å². The molecule has 1 N–H and O–H groups in total. The highest BCUT2D eigenvalue weighted by Gasteiger charge is 2.13. The van der Waals surface area contributed by atoms with Crippen molar-refractivity contribution in [2.45, 2.75) is 6.42 Å². The normalized spacial score (nSPS) is 16.9. The molecule has 1 aliphatic heterocycles. The van der Waals surface area contributed by atoms with Gasteiger partial charge in [-0.25, -0.2) is 4.98 Å². The van der Waals surface area contributed by atoms with E-state index in [9.17, 15) is 4.79 Å². The van der Waals surface area contributed by atoms with Crippen LogP contribution in [0.5, 0.6) is 0 Å². The van der Waals surface area contributed by atoms with Crippen LogP contribution in [-0.4, -0.2) is 67.0 Å². The number of carbonyl (C=O) groups is 1. The van der Waals surface area contributed by atoms with Crippen LogP contribution < -0.4 is 5.32 Å². The number of hydrogen-bond donors (Lipinski definition) is 1. The fraction of sp³-hybridized carbons (Fsp3) is 0.571. The van der Waals surface area contributed by atoms with Crippen LogP contribution in [0, 0.1) is 0 Å². The van der Waals surface area contributed by atoms with Gasteiger partial charge in [-0.15, -0.1) is 0 Å². The van der Waals surface area contributed by atoms with E-state index in [1.807, 2.05) is 0 Å². The zero-order chi connectivity index (χ0) is 15.2. The van der Waals surface area contributed by atoms with Crippen molar-refractivity contribution in [3.63, 3.8) is 0 Å². The molecule has 1 amide bonds. The van der Waals surface area contributed by atoms with Crippen molar-refractivity contribution in [1.29, 1.82) is 0 Å². The van der Waals surface area contributed by atoms with Gasteiger partial charge < -0.3 is 15.1 Å². The number of nitrogens with one attached hydrogen (secondary N) is 1. The number of nitrogens with zero attached hydrogens (tertiary/aromatic N) is 3. The largest absolute Gasteiger partial charge is 0.352 e. The number of likely N-dealkylation sites (N-methyl/N-ethyl adjacent to an activating group) is 1. The van der Waals surface area contributed by atoms with Gasteiger partial charge in [0.25, 0.3) is 5.91 Å². The molecule has 0 bridgehead atoms. The number of halogens is 2. The average molecular weight is 331 g/mol. The van der Waals surface area contributed by atoms with E-state index in [1.165, 1.54) is 12.3 Å². The first-order valence-corrected chi connectivity index (χ1v) is 7.82. The molecule has 1 aromatic rings. The Hall–Kier alpha value is -0.880. The molecule has 1 aromatic heterocycles. The second-order valence-electron chi connectivity index (χ2n) is 5.25. The molecular formula is C14H20Cl2N4O. The van der Waals surface area contributed by atoms with Crippen molar-refractivity contribution < 1.29 is 4.79 Å². The number of hydrogen-bond acceptors (Lipinski definition) is 4. The van der Waals surface area contributed by atoms with Crippen LogP contribution in [0.15, 0.2) is 12.3 Å². The van der Waals surface area contributed by atoms with E-state index in [4.69, 9.17) is 23.2 Å². The van der Waals surface area contributed by atoms with Crippen LogP contribution >= 0.6 is 23.2 Å². The van der Waals surface area contributed by atoms with E-state index in [0.29, 0.717) is 17.1 Å². The van der Waals surface area contributed by atoms with Crippen molar-refractivity contribution in [1.82, 2.24) is 20.1 Å². The summed E-state index contributed by atoms with van der Waals surface area (Å²) in [5.74, 6) is -0.167. The molecule has 1 fully saturated rings. The summed E-state index contributed by atoms with van der Waals surface area (Å²) in [4.78, 5) is 20.5. The van der Waals surface area contributed by atoms with E-state index >= 15 is 0 Å². The fourth-order valence-electron chi connectivity index (χ4n) is 2.22. The quantitative estimate of drug-likeness (QED) is 0.660. The third-order valence-electron chi connectivity index (χ3n) is 3.59. The molecule has 21 heavy (non-hydrogen) atoms. The molecule has 0 radical (unpaired) electrons. The third-order valence-corrected chi connectivity index (χ3v) is 4.28. The molecule has 1 saturated heterocycles. The van der Waals surface area contributed by atoms with Gasteiger partial charge in [-0.05, 0) is 26.1 Å². The van der Waals surface area contributed by atoms with Crippen molar-refractivity contribution in [3.8, 4) is 0 Å². The Bertz CT molecular complexity index is 490. The van der Waals surface area contributed by atoms with Crippen LogP contribution in [0.3, 0.4) is 0 Å². The zero-order valence-corrected chi connectivity index (χ0v) is 13.6.